The molecule has 0 radical (unpaired) electrons. The van der Waals surface area contributed by atoms with Crippen LogP contribution in [-0.4, -0.2) is 19.5 Å². The van der Waals surface area contributed by atoms with E-state index in [1.54, 1.807) is 0 Å². The molecule has 2 nitrogen and oxygen atoms in total. The van der Waals surface area contributed by atoms with E-state index < -0.39 is 0 Å². The van der Waals surface area contributed by atoms with Gasteiger partial charge in [-0.3, -0.25) is 0 Å². The van der Waals surface area contributed by atoms with Crippen LogP contribution in [0.1, 0.15) is 26.7 Å². The first kappa shape index (κ1) is 9.63. The summed E-state index contributed by atoms with van der Waals surface area (Å²) in [5.74, 6) is 0.195. The highest BCUT2D eigenvalue weighted by Gasteiger charge is 1.97. The number of carbonyl (C=O) groups is 1. The van der Waals surface area contributed by atoms with Gasteiger partial charge in [0, 0.05) is 19.1 Å². The van der Waals surface area contributed by atoms with Crippen LogP contribution in [0.3, 0.4) is 0 Å². The Bertz CT molecular complexity index is 81.3. The molecule has 60 valence electrons. The predicted octanol–water partition coefficient (Wildman–Crippen LogP) is 1.64. The van der Waals surface area contributed by atoms with Crippen LogP contribution in [0.5, 0.6) is 0 Å². The van der Waals surface area contributed by atoms with E-state index in [-0.39, 0.29) is 5.92 Å². The van der Waals surface area contributed by atoms with E-state index in [0.717, 1.165) is 32.3 Å². The van der Waals surface area contributed by atoms with Crippen LogP contribution in [0.25, 0.3) is 0 Å². The first-order chi connectivity index (χ1) is 4.81. The Balaban J connectivity index is 2.95. The molecule has 0 N–H and O–H groups in total. The molecule has 0 heterocycles. The Labute approximate surface area is 62.6 Å². The molecule has 1 atom stereocenters. The third-order valence-electron chi connectivity index (χ3n) is 1.38. The van der Waals surface area contributed by atoms with Crippen LogP contribution in [-0.2, 0) is 9.53 Å². The van der Waals surface area contributed by atoms with Gasteiger partial charge in [0.2, 0.25) is 0 Å². The van der Waals surface area contributed by atoms with Crippen molar-refractivity contribution in [2.45, 2.75) is 26.7 Å². The van der Waals surface area contributed by atoms with E-state index in [9.17, 15) is 4.79 Å². The van der Waals surface area contributed by atoms with Crippen molar-refractivity contribution in [3.63, 3.8) is 0 Å². The van der Waals surface area contributed by atoms with Crippen molar-refractivity contribution in [2.24, 2.45) is 5.92 Å². The summed E-state index contributed by atoms with van der Waals surface area (Å²) in [7, 11) is 0. The van der Waals surface area contributed by atoms with Gasteiger partial charge in [0.05, 0.1) is 0 Å². The summed E-state index contributed by atoms with van der Waals surface area (Å²) in [6.07, 6.45) is 2.93. The van der Waals surface area contributed by atoms with Crippen LogP contribution >= 0.6 is 0 Å². The number of rotatable bonds is 6. The van der Waals surface area contributed by atoms with Crippen molar-refractivity contribution in [3.05, 3.63) is 0 Å². The Kier molecular flexibility index (Phi) is 6.50. The van der Waals surface area contributed by atoms with Crippen LogP contribution in [0.2, 0.25) is 0 Å². The lowest BCUT2D eigenvalue weighted by molar-refractivity contribution is -0.110. The fourth-order valence-corrected chi connectivity index (χ4v) is 0.720. The first-order valence-corrected chi connectivity index (χ1v) is 3.84. The molecule has 2 heteroatoms. The maximum atomic E-state index is 10.1. The summed E-state index contributed by atoms with van der Waals surface area (Å²) >= 11 is 0. The fourth-order valence-electron chi connectivity index (χ4n) is 0.720. The molecule has 0 spiro atoms. The lowest BCUT2D eigenvalue weighted by Crippen LogP contribution is -1.99. The number of ether oxygens (including phenoxy) is 1. The summed E-state index contributed by atoms with van der Waals surface area (Å²) in [6.45, 7) is 5.46. The van der Waals surface area contributed by atoms with E-state index in [2.05, 4.69) is 0 Å². The predicted molar refractivity (Wildman–Crippen MR) is 41.0 cm³/mol. The summed E-state index contributed by atoms with van der Waals surface area (Å²) in [5, 5.41) is 0. The molecule has 0 aliphatic heterocycles. The fraction of sp³-hybridized carbons (Fsp3) is 0.875. The van der Waals surface area contributed by atoms with Gasteiger partial charge in [-0.05, 0) is 19.8 Å². The lowest BCUT2D eigenvalue weighted by atomic mass is 10.1. The van der Waals surface area contributed by atoms with Crippen molar-refractivity contribution < 1.29 is 9.53 Å². The maximum Gasteiger partial charge on any atom is 0.122 e. The smallest absolute Gasteiger partial charge is 0.122 e. The average molecular weight is 144 g/mol. The van der Waals surface area contributed by atoms with E-state index in [0.29, 0.717) is 0 Å². The monoisotopic (exact) mass is 144 g/mol. The standard InChI is InChI=1S/C8H16O2/c1-3-10-6-4-5-8(2)7-9/h7-8H,3-6H2,1-2H3. The number of hydrogen-bond donors (Lipinski definition) is 0. The number of hydrogen-bond acceptors (Lipinski definition) is 2. The summed E-state index contributed by atoms with van der Waals surface area (Å²) in [4.78, 5) is 10.1. The van der Waals surface area contributed by atoms with Gasteiger partial charge in [-0.25, -0.2) is 0 Å². The Morgan fingerprint density at radius 2 is 2.30 bits per heavy atom. The second-order valence-corrected chi connectivity index (χ2v) is 2.45. The highest BCUT2D eigenvalue weighted by Crippen LogP contribution is 2.01. The SMILES string of the molecule is CCOCCCC(C)C=O. The van der Waals surface area contributed by atoms with Crippen LogP contribution in [0.15, 0.2) is 0 Å². The molecule has 0 bridgehead atoms. The van der Waals surface area contributed by atoms with Crippen molar-refractivity contribution in [3.8, 4) is 0 Å². The highest BCUT2D eigenvalue weighted by molar-refractivity contribution is 5.52. The minimum Gasteiger partial charge on any atom is -0.382 e. The second-order valence-electron chi connectivity index (χ2n) is 2.45. The van der Waals surface area contributed by atoms with Crippen LogP contribution < -0.4 is 0 Å². The molecule has 0 amide bonds. The van der Waals surface area contributed by atoms with Crippen molar-refractivity contribution in [1.29, 1.82) is 0 Å². The minimum absolute atomic E-state index is 0.195. The van der Waals surface area contributed by atoms with Crippen molar-refractivity contribution >= 4 is 6.29 Å². The van der Waals surface area contributed by atoms with Gasteiger partial charge in [0.1, 0.15) is 6.29 Å². The molecule has 0 aromatic rings. The van der Waals surface area contributed by atoms with Gasteiger partial charge in [0.15, 0.2) is 0 Å². The Hall–Kier alpha value is -0.370. The summed E-state index contributed by atoms with van der Waals surface area (Å²) in [6, 6.07) is 0. The third kappa shape index (κ3) is 5.76. The van der Waals surface area contributed by atoms with E-state index in [4.69, 9.17) is 4.74 Å². The van der Waals surface area contributed by atoms with E-state index >= 15 is 0 Å². The Morgan fingerprint density at radius 1 is 1.60 bits per heavy atom. The zero-order valence-electron chi connectivity index (χ0n) is 6.80. The molecule has 1 unspecified atom stereocenters. The molecule has 0 fully saturated rings. The van der Waals surface area contributed by atoms with Gasteiger partial charge in [0.25, 0.3) is 0 Å². The molecule has 0 rings (SSSR count). The van der Waals surface area contributed by atoms with Gasteiger partial charge >= 0.3 is 0 Å². The largest absolute Gasteiger partial charge is 0.382 e. The summed E-state index contributed by atoms with van der Waals surface area (Å²) < 4.78 is 5.11. The lowest BCUT2D eigenvalue weighted by Gasteiger charge is -2.02. The maximum absolute atomic E-state index is 10.1. The normalized spacial score (nSPS) is 13.0. The number of aldehydes is 1. The molecular formula is C8H16O2. The average Bonchev–Trinajstić information content (AvgIpc) is 1.98. The highest BCUT2D eigenvalue weighted by atomic mass is 16.5. The zero-order chi connectivity index (χ0) is 7.82. The van der Waals surface area contributed by atoms with Crippen molar-refractivity contribution in [1.82, 2.24) is 0 Å². The van der Waals surface area contributed by atoms with E-state index in [1.165, 1.54) is 0 Å². The molecule has 0 aromatic heterocycles. The van der Waals surface area contributed by atoms with Crippen molar-refractivity contribution in [2.75, 3.05) is 13.2 Å². The first-order valence-electron chi connectivity index (χ1n) is 3.84. The second kappa shape index (κ2) is 6.75. The molecule has 0 aromatic carbocycles. The molecule has 0 aliphatic rings. The van der Waals surface area contributed by atoms with Gasteiger partial charge < -0.3 is 9.53 Å². The molecular weight excluding hydrogens is 128 g/mol. The zero-order valence-corrected chi connectivity index (χ0v) is 6.80. The molecule has 0 saturated carbocycles. The number of carbonyl (C=O) groups excluding carboxylic acids is 1. The van der Waals surface area contributed by atoms with Gasteiger partial charge in [-0.1, -0.05) is 6.92 Å². The molecule has 10 heavy (non-hydrogen) atoms. The summed E-state index contributed by atoms with van der Waals surface area (Å²) in [5.41, 5.74) is 0. The van der Waals surface area contributed by atoms with E-state index in [1.807, 2.05) is 13.8 Å². The topological polar surface area (TPSA) is 26.3 Å². The Morgan fingerprint density at radius 3 is 2.80 bits per heavy atom. The van der Waals surface area contributed by atoms with Crippen LogP contribution in [0, 0.1) is 5.92 Å². The quantitative estimate of drug-likeness (QED) is 0.418. The molecule has 0 aliphatic carbocycles. The van der Waals surface area contributed by atoms with Gasteiger partial charge in [-0.2, -0.15) is 0 Å². The molecule has 0 saturated heterocycles. The van der Waals surface area contributed by atoms with Gasteiger partial charge in [-0.15, -0.1) is 0 Å². The van der Waals surface area contributed by atoms with Crippen LogP contribution in [0.4, 0.5) is 0 Å². The third-order valence-corrected chi connectivity index (χ3v) is 1.38. The minimum atomic E-state index is 0.195.